The van der Waals surface area contributed by atoms with E-state index >= 15 is 0 Å². The van der Waals surface area contributed by atoms with E-state index in [-0.39, 0.29) is 0 Å². The van der Waals surface area contributed by atoms with Crippen LogP contribution in [0, 0.1) is 6.92 Å². The van der Waals surface area contributed by atoms with E-state index in [1.807, 2.05) is 97.9 Å². The highest BCUT2D eigenvalue weighted by molar-refractivity contribution is 5.86. The van der Waals surface area contributed by atoms with Gasteiger partial charge in [-0.2, -0.15) is 0 Å². The van der Waals surface area contributed by atoms with Gasteiger partial charge >= 0.3 is 0 Å². The molecule has 6 heteroatoms. The average molecular weight is 524 g/mol. The van der Waals surface area contributed by atoms with Gasteiger partial charge in [0.05, 0.1) is 7.11 Å². The van der Waals surface area contributed by atoms with Crippen LogP contribution >= 0.6 is 0 Å². The lowest BCUT2D eigenvalue weighted by Gasteiger charge is -2.34. The Kier molecular flexibility index (Phi) is 6.58. The molecule has 0 spiro atoms. The van der Waals surface area contributed by atoms with Gasteiger partial charge in [-0.15, -0.1) is 15.0 Å². The second-order valence-corrected chi connectivity index (χ2v) is 9.64. The molecule has 0 unspecified atom stereocenters. The van der Waals surface area contributed by atoms with Gasteiger partial charge < -0.3 is 10.5 Å². The lowest BCUT2D eigenvalue weighted by molar-refractivity contribution is 0.396. The number of rotatable bonds is 7. The first kappa shape index (κ1) is 25.1. The summed E-state index contributed by atoms with van der Waals surface area (Å²) in [6.45, 7) is 2.00. The zero-order valence-electron chi connectivity index (χ0n) is 22.4. The van der Waals surface area contributed by atoms with Crippen LogP contribution in [0.3, 0.4) is 0 Å². The number of hydrogen-bond donors (Lipinski definition) is 1. The van der Waals surface area contributed by atoms with Crippen LogP contribution in [0.1, 0.15) is 22.3 Å². The second kappa shape index (κ2) is 10.5. The minimum absolute atomic E-state index is 0.503. The van der Waals surface area contributed by atoms with Crippen molar-refractivity contribution in [2.75, 3.05) is 12.8 Å². The highest BCUT2D eigenvalue weighted by Gasteiger charge is 2.41. The number of methoxy groups -OCH3 is 1. The van der Waals surface area contributed by atoms with Crippen LogP contribution in [0.25, 0.3) is 22.5 Å². The van der Waals surface area contributed by atoms with Crippen molar-refractivity contribution in [3.05, 3.63) is 150 Å². The third-order valence-electron chi connectivity index (χ3n) is 7.42. The lowest BCUT2D eigenvalue weighted by Crippen LogP contribution is -2.39. The summed E-state index contributed by atoms with van der Waals surface area (Å²) in [5.41, 5.74) is 13.0. The number of nitrogens with zero attached hydrogens (tertiary/aromatic N) is 4. The molecule has 6 rings (SSSR count). The normalized spacial score (nSPS) is 11.3. The SMILES string of the molecule is COc1ccc(-c2ccc(N)c(C)c2-c2nnn(C(c3ccccc3)(c3ccccc3)c3ccccc3)n2)cc1. The molecule has 2 N–H and O–H groups in total. The first-order chi connectivity index (χ1) is 19.6. The van der Waals surface area contributed by atoms with Gasteiger partial charge in [0.25, 0.3) is 0 Å². The zero-order valence-corrected chi connectivity index (χ0v) is 22.4. The van der Waals surface area contributed by atoms with E-state index in [0.29, 0.717) is 11.5 Å². The second-order valence-electron chi connectivity index (χ2n) is 9.64. The number of ether oxygens (including phenoxy) is 1. The Hall–Kier alpha value is -5.23. The Labute approximate surface area is 233 Å². The molecule has 40 heavy (non-hydrogen) atoms. The summed E-state index contributed by atoms with van der Waals surface area (Å²) in [6.07, 6.45) is 0. The molecule has 0 aliphatic heterocycles. The molecule has 0 amide bonds. The number of aromatic nitrogens is 4. The van der Waals surface area contributed by atoms with Crippen molar-refractivity contribution < 1.29 is 4.74 Å². The standard InChI is InChI=1S/C34H29N5O/c1-24-31(35)23-22-30(25-18-20-29(40-2)21-19-25)32(24)33-36-38-39(37-33)34(26-12-6-3-7-13-26,27-14-8-4-9-15-27)28-16-10-5-11-17-28/h3-23H,35H2,1-2H3. The summed E-state index contributed by atoms with van der Waals surface area (Å²) in [5.74, 6) is 1.29. The van der Waals surface area contributed by atoms with Crippen molar-refractivity contribution in [3.63, 3.8) is 0 Å². The number of hydrogen-bond acceptors (Lipinski definition) is 5. The summed E-state index contributed by atoms with van der Waals surface area (Å²) in [7, 11) is 1.66. The highest BCUT2D eigenvalue weighted by atomic mass is 16.5. The number of benzene rings is 5. The van der Waals surface area contributed by atoms with Crippen LogP contribution in [0.5, 0.6) is 5.75 Å². The number of tetrazole rings is 1. The third kappa shape index (κ3) is 4.20. The Morgan fingerprint density at radius 2 is 1.20 bits per heavy atom. The van der Waals surface area contributed by atoms with Crippen molar-refractivity contribution in [2.24, 2.45) is 0 Å². The Balaban J connectivity index is 1.61. The molecule has 0 saturated heterocycles. The molecule has 0 radical (unpaired) electrons. The van der Waals surface area contributed by atoms with E-state index in [1.54, 1.807) is 11.9 Å². The van der Waals surface area contributed by atoms with Crippen LogP contribution < -0.4 is 10.5 Å². The van der Waals surface area contributed by atoms with Gasteiger partial charge in [-0.25, -0.2) is 0 Å². The monoisotopic (exact) mass is 523 g/mol. The van der Waals surface area contributed by atoms with Crippen LogP contribution in [0.2, 0.25) is 0 Å². The van der Waals surface area contributed by atoms with Crippen LogP contribution in [-0.4, -0.2) is 27.3 Å². The van der Waals surface area contributed by atoms with E-state index in [9.17, 15) is 0 Å². The molecule has 0 saturated carbocycles. The van der Waals surface area contributed by atoms with Gasteiger partial charge in [0.2, 0.25) is 5.82 Å². The topological polar surface area (TPSA) is 78.9 Å². The quantitative estimate of drug-likeness (QED) is 0.185. The summed E-state index contributed by atoms with van der Waals surface area (Å²) in [4.78, 5) is 1.74. The van der Waals surface area contributed by atoms with E-state index in [2.05, 4.69) is 41.5 Å². The minimum atomic E-state index is -0.858. The third-order valence-corrected chi connectivity index (χ3v) is 7.42. The molecule has 0 aliphatic rings. The largest absolute Gasteiger partial charge is 0.497 e. The van der Waals surface area contributed by atoms with Crippen molar-refractivity contribution in [3.8, 4) is 28.3 Å². The Bertz CT molecular complexity index is 1630. The number of anilines is 1. The molecule has 0 bridgehead atoms. The molecule has 5 aromatic carbocycles. The first-order valence-electron chi connectivity index (χ1n) is 13.1. The molecule has 6 nitrogen and oxygen atoms in total. The van der Waals surface area contributed by atoms with Gasteiger partial charge in [-0.05, 0) is 63.7 Å². The molecule has 6 aromatic rings. The highest BCUT2D eigenvalue weighted by Crippen LogP contribution is 2.41. The summed E-state index contributed by atoms with van der Waals surface area (Å²) in [6, 6.07) is 42.8. The van der Waals surface area contributed by atoms with Gasteiger partial charge in [0, 0.05) is 11.3 Å². The fourth-order valence-corrected chi connectivity index (χ4v) is 5.37. The molecular formula is C34H29N5O. The van der Waals surface area contributed by atoms with Gasteiger partial charge in [0.15, 0.2) is 5.54 Å². The van der Waals surface area contributed by atoms with Gasteiger partial charge in [-0.3, -0.25) is 0 Å². The fraction of sp³-hybridized carbons (Fsp3) is 0.0882. The predicted molar refractivity (Wildman–Crippen MR) is 159 cm³/mol. The molecule has 0 aliphatic carbocycles. The summed E-state index contributed by atoms with van der Waals surface area (Å²) >= 11 is 0. The van der Waals surface area contributed by atoms with Crippen molar-refractivity contribution in [1.29, 1.82) is 0 Å². The predicted octanol–water partition coefficient (Wildman–Crippen LogP) is 6.75. The first-order valence-corrected chi connectivity index (χ1v) is 13.1. The molecule has 1 aromatic heterocycles. The van der Waals surface area contributed by atoms with Gasteiger partial charge in [0.1, 0.15) is 5.75 Å². The smallest absolute Gasteiger partial charge is 0.205 e. The number of nitrogen functional groups attached to an aromatic ring is 1. The Morgan fingerprint density at radius 1 is 0.675 bits per heavy atom. The minimum Gasteiger partial charge on any atom is -0.497 e. The van der Waals surface area contributed by atoms with Crippen molar-refractivity contribution in [1.82, 2.24) is 20.2 Å². The summed E-state index contributed by atoms with van der Waals surface area (Å²) in [5, 5.41) is 14.5. The van der Waals surface area contributed by atoms with Crippen LogP contribution in [-0.2, 0) is 5.54 Å². The maximum Gasteiger partial charge on any atom is 0.205 e. The zero-order chi connectivity index (χ0) is 27.5. The molecule has 0 atom stereocenters. The number of nitrogens with two attached hydrogens (primary N) is 1. The van der Waals surface area contributed by atoms with Crippen molar-refractivity contribution in [2.45, 2.75) is 12.5 Å². The van der Waals surface area contributed by atoms with E-state index in [0.717, 1.165) is 44.7 Å². The Morgan fingerprint density at radius 3 is 1.70 bits per heavy atom. The van der Waals surface area contributed by atoms with E-state index in [1.165, 1.54) is 0 Å². The van der Waals surface area contributed by atoms with Crippen LogP contribution in [0.4, 0.5) is 5.69 Å². The molecular weight excluding hydrogens is 494 g/mol. The molecule has 0 fully saturated rings. The maximum atomic E-state index is 6.41. The molecule has 196 valence electrons. The van der Waals surface area contributed by atoms with E-state index in [4.69, 9.17) is 20.8 Å². The van der Waals surface area contributed by atoms with Crippen molar-refractivity contribution >= 4 is 5.69 Å². The fourth-order valence-electron chi connectivity index (χ4n) is 5.37. The average Bonchev–Trinajstić information content (AvgIpc) is 3.50. The van der Waals surface area contributed by atoms with Crippen LogP contribution in [0.15, 0.2) is 127 Å². The summed E-state index contributed by atoms with van der Waals surface area (Å²) < 4.78 is 5.37. The van der Waals surface area contributed by atoms with Gasteiger partial charge in [-0.1, -0.05) is 109 Å². The van der Waals surface area contributed by atoms with E-state index < -0.39 is 5.54 Å². The molecule has 1 heterocycles. The lowest BCUT2D eigenvalue weighted by atomic mass is 9.77. The maximum absolute atomic E-state index is 6.41.